The number of hydrogen-bond donors (Lipinski definition) is 2. The van der Waals surface area contributed by atoms with E-state index in [0.29, 0.717) is 18.4 Å². The molecule has 0 spiro atoms. The van der Waals surface area contributed by atoms with Crippen LogP contribution in [0.15, 0.2) is 24.3 Å². The van der Waals surface area contributed by atoms with Gasteiger partial charge in [0.1, 0.15) is 5.82 Å². The quantitative estimate of drug-likeness (QED) is 0.875. The molecule has 2 rings (SSSR count). The van der Waals surface area contributed by atoms with Crippen molar-refractivity contribution in [1.82, 2.24) is 10.2 Å². The molecular formula is C17H25FN2O2. The van der Waals surface area contributed by atoms with Gasteiger partial charge in [-0.25, -0.2) is 9.18 Å². The van der Waals surface area contributed by atoms with Crippen LogP contribution in [0.25, 0.3) is 0 Å². The van der Waals surface area contributed by atoms with Crippen molar-refractivity contribution >= 4 is 6.09 Å². The number of rotatable bonds is 5. The standard InChI is InChI=1S/C17H25FN2O2/c1-20(2)16(14-4-3-5-15(18)10-14)13-8-6-12(7-9-13)11-19-17(21)22/h3-5,10,12-13,16,19H,6-9,11H2,1-2H3,(H,21,22). The van der Waals surface area contributed by atoms with E-state index in [9.17, 15) is 9.18 Å². The van der Waals surface area contributed by atoms with Gasteiger partial charge in [0, 0.05) is 12.6 Å². The first-order valence-electron chi connectivity index (χ1n) is 7.86. The molecule has 22 heavy (non-hydrogen) atoms. The Bertz CT molecular complexity index is 499. The van der Waals surface area contributed by atoms with Crippen molar-refractivity contribution in [3.63, 3.8) is 0 Å². The molecule has 1 aromatic carbocycles. The second kappa shape index (κ2) is 7.58. The normalized spacial score (nSPS) is 23.3. The summed E-state index contributed by atoms with van der Waals surface area (Å²) in [6, 6.07) is 7.08. The number of nitrogens with zero attached hydrogens (tertiary/aromatic N) is 1. The van der Waals surface area contributed by atoms with E-state index in [1.807, 2.05) is 20.2 Å². The molecule has 1 fully saturated rings. The molecule has 0 bridgehead atoms. The van der Waals surface area contributed by atoms with E-state index in [4.69, 9.17) is 5.11 Å². The van der Waals surface area contributed by atoms with Crippen LogP contribution in [0.1, 0.15) is 37.3 Å². The molecule has 1 amide bonds. The Labute approximate surface area is 131 Å². The Kier molecular flexibility index (Phi) is 5.77. The lowest BCUT2D eigenvalue weighted by atomic mass is 9.76. The molecule has 1 aliphatic rings. The first-order valence-corrected chi connectivity index (χ1v) is 7.86. The monoisotopic (exact) mass is 308 g/mol. The highest BCUT2D eigenvalue weighted by molar-refractivity contribution is 5.64. The third-order valence-electron chi connectivity index (χ3n) is 4.63. The molecule has 4 nitrogen and oxygen atoms in total. The summed E-state index contributed by atoms with van der Waals surface area (Å²) in [6.07, 6.45) is 3.18. The van der Waals surface area contributed by atoms with E-state index in [2.05, 4.69) is 10.2 Å². The van der Waals surface area contributed by atoms with E-state index in [1.54, 1.807) is 12.1 Å². The predicted molar refractivity (Wildman–Crippen MR) is 84.3 cm³/mol. The van der Waals surface area contributed by atoms with Gasteiger partial charge in [0.05, 0.1) is 0 Å². The second-order valence-electron chi connectivity index (χ2n) is 6.43. The molecule has 0 aromatic heterocycles. The summed E-state index contributed by atoms with van der Waals surface area (Å²) in [5, 5.41) is 11.2. The van der Waals surface area contributed by atoms with Crippen LogP contribution in [-0.4, -0.2) is 36.7 Å². The molecule has 1 aliphatic carbocycles. The summed E-state index contributed by atoms with van der Waals surface area (Å²) in [4.78, 5) is 12.7. The fourth-order valence-electron chi connectivity index (χ4n) is 3.62. The van der Waals surface area contributed by atoms with Gasteiger partial charge in [0.2, 0.25) is 0 Å². The van der Waals surface area contributed by atoms with Crippen LogP contribution in [0.5, 0.6) is 0 Å². The molecule has 122 valence electrons. The molecule has 5 heteroatoms. The van der Waals surface area contributed by atoms with Gasteiger partial charge in [0.15, 0.2) is 0 Å². The number of benzene rings is 1. The first kappa shape index (κ1) is 16.7. The van der Waals surface area contributed by atoms with Gasteiger partial charge in [-0.2, -0.15) is 0 Å². The molecule has 1 unspecified atom stereocenters. The zero-order chi connectivity index (χ0) is 16.1. The molecular weight excluding hydrogens is 283 g/mol. The highest BCUT2D eigenvalue weighted by Crippen LogP contribution is 2.39. The number of amides is 1. The third kappa shape index (κ3) is 4.44. The second-order valence-corrected chi connectivity index (χ2v) is 6.43. The maximum absolute atomic E-state index is 13.5. The summed E-state index contributed by atoms with van der Waals surface area (Å²) in [6.45, 7) is 0.536. The van der Waals surface area contributed by atoms with Gasteiger partial charge >= 0.3 is 6.09 Å². The number of carbonyl (C=O) groups is 1. The summed E-state index contributed by atoms with van der Waals surface area (Å²) in [5.74, 6) is 0.712. The summed E-state index contributed by atoms with van der Waals surface area (Å²) < 4.78 is 13.5. The zero-order valence-electron chi connectivity index (χ0n) is 13.3. The number of carboxylic acid groups (broad SMARTS) is 1. The SMILES string of the molecule is CN(C)C(c1cccc(F)c1)C1CCC(CNC(=O)O)CC1. The maximum Gasteiger partial charge on any atom is 0.404 e. The largest absolute Gasteiger partial charge is 0.465 e. The van der Waals surface area contributed by atoms with E-state index in [-0.39, 0.29) is 11.9 Å². The Morgan fingerprint density at radius 1 is 1.36 bits per heavy atom. The van der Waals surface area contributed by atoms with Crippen LogP contribution in [0.3, 0.4) is 0 Å². The molecule has 0 saturated heterocycles. The molecule has 0 heterocycles. The van der Waals surface area contributed by atoms with E-state index in [0.717, 1.165) is 31.2 Å². The maximum atomic E-state index is 13.5. The highest BCUT2D eigenvalue weighted by Gasteiger charge is 2.30. The minimum absolute atomic E-state index is 0.191. The van der Waals surface area contributed by atoms with Gasteiger partial charge in [-0.15, -0.1) is 0 Å². The van der Waals surface area contributed by atoms with Crippen molar-refractivity contribution in [3.05, 3.63) is 35.6 Å². The molecule has 1 atom stereocenters. The fourth-order valence-corrected chi connectivity index (χ4v) is 3.62. The van der Waals surface area contributed by atoms with Crippen molar-refractivity contribution in [2.75, 3.05) is 20.6 Å². The van der Waals surface area contributed by atoms with Crippen molar-refractivity contribution < 1.29 is 14.3 Å². The first-order chi connectivity index (χ1) is 10.5. The van der Waals surface area contributed by atoms with Crippen LogP contribution in [0, 0.1) is 17.7 Å². The van der Waals surface area contributed by atoms with Crippen LogP contribution in [0.2, 0.25) is 0 Å². The summed E-state index contributed by atoms with van der Waals surface area (Å²) in [7, 11) is 4.07. The molecule has 2 N–H and O–H groups in total. The van der Waals surface area contributed by atoms with E-state index >= 15 is 0 Å². The van der Waals surface area contributed by atoms with Gasteiger partial charge in [0.25, 0.3) is 0 Å². The van der Waals surface area contributed by atoms with Gasteiger partial charge < -0.3 is 15.3 Å². The van der Waals surface area contributed by atoms with Crippen molar-refractivity contribution in [2.45, 2.75) is 31.7 Å². The zero-order valence-corrected chi connectivity index (χ0v) is 13.3. The van der Waals surface area contributed by atoms with Crippen LogP contribution < -0.4 is 5.32 Å². The minimum atomic E-state index is -0.951. The average Bonchev–Trinajstić information content (AvgIpc) is 2.46. The number of hydrogen-bond acceptors (Lipinski definition) is 2. The Morgan fingerprint density at radius 3 is 2.59 bits per heavy atom. The van der Waals surface area contributed by atoms with Crippen molar-refractivity contribution in [2.24, 2.45) is 11.8 Å². The third-order valence-corrected chi connectivity index (χ3v) is 4.63. The molecule has 1 saturated carbocycles. The van der Waals surface area contributed by atoms with Crippen molar-refractivity contribution in [1.29, 1.82) is 0 Å². The summed E-state index contributed by atoms with van der Waals surface area (Å²) >= 11 is 0. The minimum Gasteiger partial charge on any atom is -0.465 e. The lowest BCUT2D eigenvalue weighted by molar-refractivity contribution is 0.146. The molecule has 0 radical (unpaired) electrons. The lowest BCUT2D eigenvalue weighted by Gasteiger charge is -2.37. The highest BCUT2D eigenvalue weighted by atomic mass is 19.1. The lowest BCUT2D eigenvalue weighted by Crippen LogP contribution is -2.34. The Hall–Kier alpha value is -1.62. The van der Waals surface area contributed by atoms with E-state index < -0.39 is 6.09 Å². The summed E-state index contributed by atoms with van der Waals surface area (Å²) in [5.41, 5.74) is 1.03. The average molecular weight is 308 g/mol. The molecule has 1 aromatic rings. The Balaban J connectivity index is 1.99. The van der Waals surface area contributed by atoms with Gasteiger partial charge in [-0.05, 0) is 69.3 Å². The van der Waals surface area contributed by atoms with E-state index in [1.165, 1.54) is 6.07 Å². The van der Waals surface area contributed by atoms with Crippen molar-refractivity contribution in [3.8, 4) is 0 Å². The van der Waals surface area contributed by atoms with Crippen LogP contribution >= 0.6 is 0 Å². The topological polar surface area (TPSA) is 52.6 Å². The molecule has 0 aliphatic heterocycles. The predicted octanol–water partition coefficient (Wildman–Crippen LogP) is 3.50. The number of nitrogens with one attached hydrogen (secondary N) is 1. The van der Waals surface area contributed by atoms with Crippen LogP contribution in [0.4, 0.5) is 9.18 Å². The number of halogens is 1. The Morgan fingerprint density at radius 2 is 2.05 bits per heavy atom. The fraction of sp³-hybridized carbons (Fsp3) is 0.588. The van der Waals surface area contributed by atoms with Gasteiger partial charge in [-0.1, -0.05) is 12.1 Å². The smallest absolute Gasteiger partial charge is 0.404 e. The van der Waals surface area contributed by atoms with Crippen LogP contribution in [-0.2, 0) is 0 Å². The van der Waals surface area contributed by atoms with Gasteiger partial charge in [-0.3, -0.25) is 0 Å².